The number of benzene rings is 3. The molecule has 0 bridgehead atoms. The molecular weight excluding hydrogens is 821 g/mol. The summed E-state index contributed by atoms with van der Waals surface area (Å²) in [5, 5.41) is 19.5. The van der Waals surface area contributed by atoms with Crippen LogP contribution in [0.2, 0.25) is 0 Å². The van der Waals surface area contributed by atoms with E-state index in [1.165, 1.54) is 149 Å². The molecule has 0 saturated heterocycles. The number of nitriles is 1. The molecule has 1 saturated carbocycles. The molecule has 1 fully saturated rings. The van der Waals surface area contributed by atoms with Gasteiger partial charge in [-0.2, -0.15) is 14.0 Å². The number of carboxylic acid groups (broad SMARTS) is 1. The Kier molecular flexibility index (Phi) is 12.8. The summed E-state index contributed by atoms with van der Waals surface area (Å²) >= 11 is 4.79. The van der Waals surface area contributed by atoms with Crippen LogP contribution in [0.25, 0.3) is 48.4 Å². The number of anilines is 2. The number of aromatic nitrogens is 2. The summed E-state index contributed by atoms with van der Waals surface area (Å²) < 4.78 is 9.99. The van der Waals surface area contributed by atoms with Crippen LogP contribution in [0.15, 0.2) is 72.3 Å². The molecule has 3 aliphatic rings. The second-order valence-electron chi connectivity index (χ2n) is 18.0. The van der Waals surface area contributed by atoms with Gasteiger partial charge in [0, 0.05) is 59.4 Å². The van der Waals surface area contributed by atoms with Crippen molar-refractivity contribution in [3.63, 3.8) is 0 Å². The number of aryl methyl sites for hydroxylation is 1. The fourth-order valence-electron chi connectivity index (χ4n) is 10.9. The molecule has 320 valence electrons. The van der Waals surface area contributed by atoms with Crippen LogP contribution in [0.4, 0.5) is 11.4 Å². The lowest BCUT2D eigenvalue weighted by Crippen LogP contribution is -2.26. The quantitative estimate of drug-likeness (QED) is 0.0495. The van der Waals surface area contributed by atoms with E-state index in [-0.39, 0.29) is 11.0 Å². The molecule has 0 amide bonds. The molecule has 0 spiro atoms. The third-order valence-corrected chi connectivity index (χ3v) is 17.0. The maximum Gasteiger partial charge on any atom is 0.346 e. The first-order chi connectivity index (χ1) is 30.3. The minimum absolute atomic E-state index is 0.154. The summed E-state index contributed by atoms with van der Waals surface area (Å²) in [6, 6.07) is 27.8. The van der Waals surface area contributed by atoms with E-state index < -0.39 is 5.97 Å². The molecule has 3 aromatic carbocycles. The van der Waals surface area contributed by atoms with Gasteiger partial charge in [-0.05, 0) is 91.3 Å². The lowest BCUT2D eigenvalue weighted by molar-refractivity contribution is -0.132. The summed E-state index contributed by atoms with van der Waals surface area (Å²) in [5.74, 6) is -0.610. The molecule has 9 rings (SSSR count). The van der Waals surface area contributed by atoms with Crippen molar-refractivity contribution in [3.05, 3.63) is 99.4 Å². The normalized spacial score (nSPS) is 17.3. The molecule has 4 heterocycles. The number of thiophene rings is 2. The van der Waals surface area contributed by atoms with Crippen LogP contribution in [-0.4, -0.2) is 25.9 Å². The van der Waals surface area contributed by atoms with Crippen molar-refractivity contribution in [2.45, 2.75) is 147 Å². The predicted octanol–water partition coefficient (Wildman–Crippen LogP) is 16.0. The predicted molar refractivity (Wildman–Crippen MR) is 261 cm³/mol. The minimum atomic E-state index is -1.18. The summed E-state index contributed by atoms with van der Waals surface area (Å²) in [7, 11) is 0. The monoisotopic (exact) mass is 878 g/mol. The van der Waals surface area contributed by atoms with Crippen LogP contribution < -0.4 is 4.90 Å². The lowest BCUT2D eigenvalue weighted by atomic mass is 9.71. The summed E-state index contributed by atoms with van der Waals surface area (Å²) in [6.07, 6.45) is 22.3. The van der Waals surface area contributed by atoms with Crippen LogP contribution >= 0.6 is 34.4 Å². The number of carbonyl (C=O) groups is 1. The molecule has 2 atom stereocenters. The van der Waals surface area contributed by atoms with E-state index in [9.17, 15) is 15.2 Å². The van der Waals surface area contributed by atoms with E-state index >= 15 is 0 Å². The number of unbranched alkanes of at least 4 members (excludes halogenated alkanes) is 10. The van der Waals surface area contributed by atoms with Crippen LogP contribution in [0.5, 0.6) is 0 Å². The zero-order chi connectivity index (χ0) is 42.8. The lowest BCUT2D eigenvalue weighted by Gasteiger charge is -2.31. The molecule has 62 heavy (non-hydrogen) atoms. The highest BCUT2D eigenvalue weighted by atomic mass is 32.1. The topological polar surface area (TPSA) is 90.1 Å². The van der Waals surface area contributed by atoms with Gasteiger partial charge in [0.15, 0.2) is 0 Å². The van der Waals surface area contributed by atoms with Crippen molar-refractivity contribution in [2.75, 3.05) is 4.90 Å². The first kappa shape index (κ1) is 42.7. The number of hydrogen-bond acceptors (Lipinski definition) is 8. The first-order valence-electron chi connectivity index (χ1n) is 23.2. The molecule has 2 unspecified atom stereocenters. The van der Waals surface area contributed by atoms with Gasteiger partial charge in [0.1, 0.15) is 22.7 Å². The average Bonchev–Trinajstić information content (AvgIpc) is 4.14. The SMILES string of the molecule is CCCCCCCCC1(CCCCCCCC)c2cc(/C=C(/C#N)C(=O)O)sc2-c2sc(-c3ccc(-c4ccc5c(c4)N(c4ccc(C)cc4)C4CCCC54)c4nsnc34)cc21. The Balaban J connectivity index is 1.10. The van der Waals surface area contributed by atoms with E-state index in [0.29, 0.717) is 12.0 Å². The third kappa shape index (κ3) is 7.97. The Morgan fingerprint density at radius 1 is 0.806 bits per heavy atom. The number of nitrogens with zero attached hydrogens (tertiary/aromatic N) is 4. The Bertz CT molecular complexity index is 2630. The van der Waals surface area contributed by atoms with Gasteiger partial charge in [-0.25, -0.2) is 4.79 Å². The highest BCUT2D eigenvalue weighted by Gasteiger charge is 2.46. The average molecular weight is 879 g/mol. The minimum Gasteiger partial charge on any atom is -0.477 e. The van der Waals surface area contributed by atoms with Crippen molar-refractivity contribution in [3.8, 4) is 37.4 Å². The van der Waals surface area contributed by atoms with Crippen LogP contribution in [0, 0.1) is 18.3 Å². The van der Waals surface area contributed by atoms with Gasteiger partial charge in [-0.3, -0.25) is 0 Å². The van der Waals surface area contributed by atoms with E-state index in [1.54, 1.807) is 17.4 Å². The maximum absolute atomic E-state index is 12.0. The molecule has 6 nitrogen and oxygen atoms in total. The number of rotatable bonds is 19. The van der Waals surface area contributed by atoms with Crippen molar-refractivity contribution in [1.29, 1.82) is 5.26 Å². The van der Waals surface area contributed by atoms with E-state index in [4.69, 9.17) is 8.75 Å². The van der Waals surface area contributed by atoms with Gasteiger partial charge in [0.25, 0.3) is 0 Å². The zero-order valence-electron chi connectivity index (χ0n) is 36.5. The van der Waals surface area contributed by atoms with Crippen LogP contribution in [0.3, 0.4) is 0 Å². The Hall–Kier alpha value is -4.62. The smallest absolute Gasteiger partial charge is 0.346 e. The summed E-state index contributed by atoms with van der Waals surface area (Å²) in [4.78, 5) is 19.2. The fourth-order valence-corrected chi connectivity index (χ4v) is 14.1. The van der Waals surface area contributed by atoms with Gasteiger partial charge >= 0.3 is 5.97 Å². The van der Waals surface area contributed by atoms with Gasteiger partial charge in [0.2, 0.25) is 0 Å². The Morgan fingerprint density at radius 2 is 1.45 bits per heavy atom. The number of hydrogen-bond donors (Lipinski definition) is 1. The molecule has 9 heteroatoms. The van der Waals surface area contributed by atoms with Gasteiger partial charge in [-0.1, -0.05) is 139 Å². The van der Waals surface area contributed by atoms with E-state index in [0.717, 1.165) is 52.7 Å². The molecule has 3 aromatic heterocycles. The maximum atomic E-state index is 12.0. The molecular formula is C53H58N4O2S3. The summed E-state index contributed by atoms with van der Waals surface area (Å²) in [5.41, 5.74) is 13.1. The van der Waals surface area contributed by atoms with Crippen LogP contribution in [0.1, 0.15) is 156 Å². The Labute approximate surface area is 379 Å². The van der Waals surface area contributed by atoms with Crippen molar-refractivity contribution in [1.82, 2.24) is 8.75 Å². The molecule has 1 aliphatic heterocycles. The first-order valence-corrected chi connectivity index (χ1v) is 25.6. The van der Waals surface area contributed by atoms with Crippen molar-refractivity contribution in [2.24, 2.45) is 0 Å². The zero-order valence-corrected chi connectivity index (χ0v) is 38.9. The molecule has 0 radical (unpaired) electrons. The van der Waals surface area contributed by atoms with Crippen molar-refractivity contribution < 1.29 is 9.90 Å². The standard InChI is InChI=1S/C53H58N4O2S3/c1-4-6-8-10-12-14-27-53(28-15-13-11-9-7-5-2)43-31-38(29-36(33-54)52(58)59)60-50(43)51-44(53)32-47(61-51)42-26-25-39(48-49(42)56-62-55-48)35-21-24-41-40-17-16-18-45(40)57(46(41)30-35)37-22-19-34(3)20-23-37/h19-26,29-32,40,45H,4-18,27-28H2,1-3H3,(H,58,59)/b36-29-. The van der Waals surface area contributed by atoms with Crippen molar-refractivity contribution >= 4 is 68.9 Å². The van der Waals surface area contributed by atoms with E-state index in [2.05, 4.69) is 92.4 Å². The molecule has 1 N–H and O–H groups in total. The fraction of sp³-hybridized carbons (Fsp3) is 0.434. The van der Waals surface area contributed by atoms with Gasteiger partial charge in [0.05, 0.1) is 11.7 Å². The Morgan fingerprint density at radius 3 is 2.15 bits per heavy atom. The second-order valence-corrected chi connectivity index (χ2v) is 20.7. The highest BCUT2D eigenvalue weighted by molar-refractivity contribution is 7.24. The third-order valence-electron chi connectivity index (χ3n) is 14.1. The highest BCUT2D eigenvalue weighted by Crippen LogP contribution is 2.61. The number of fused-ring (bicyclic) bond motifs is 7. The number of aliphatic carboxylic acids is 1. The van der Waals surface area contributed by atoms with Gasteiger partial charge < -0.3 is 10.0 Å². The second kappa shape index (κ2) is 18.6. The van der Waals surface area contributed by atoms with E-state index in [1.807, 2.05) is 17.4 Å². The molecule has 6 aromatic rings. The number of carboxylic acids is 1. The molecule has 2 aliphatic carbocycles. The largest absolute Gasteiger partial charge is 0.477 e. The van der Waals surface area contributed by atoms with Gasteiger partial charge in [-0.15, -0.1) is 22.7 Å². The van der Waals surface area contributed by atoms with Crippen LogP contribution in [-0.2, 0) is 10.2 Å². The summed E-state index contributed by atoms with van der Waals surface area (Å²) in [6.45, 7) is 6.71.